The van der Waals surface area contributed by atoms with E-state index in [0.29, 0.717) is 0 Å². The predicted molar refractivity (Wildman–Crippen MR) is 89.5 cm³/mol. The van der Waals surface area contributed by atoms with Gasteiger partial charge in [-0.15, -0.1) is 0 Å². The molecule has 0 aromatic heterocycles. The number of rotatable bonds is 6. The highest BCUT2D eigenvalue weighted by molar-refractivity contribution is 6.34. The lowest BCUT2D eigenvalue weighted by Crippen LogP contribution is -2.30. The van der Waals surface area contributed by atoms with Crippen LogP contribution in [0.15, 0.2) is 36.4 Å². The molecule has 2 aromatic rings. The second-order valence-corrected chi connectivity index (χ2v) is 5.65. The van der Waals surface area contributed by atoms with Crippen LogP contribution in [0.3, 0.4) is 0 Å². The van der Waals surface area contributed by atoms with Crippen LogP contribution in [-0.2, 0) is 4.79 Å². The summed E-state index contributed by atoms with van der Waals surface area (Å²) >= 11 is 5.89. The van der Waals surface area contributed by atoms with Gasteiger partial charge in [0.15, 0.2) is 0 Å². The van der Waals surface area contributed by atoms with Crippen LogP contribution in [0.4, 0.5) is 20.2 Å². The Morgan fingerprint density at radius 3 is 2.60 bits per heavy atom. The Hall–Kier alpha value is -2.58. The van der Waals surface area contributed by atoms with Crippen molar-refractivity contribution in [2.75, 3.05) is 11.9 Å². The van der Waals surface area contributed by atoms with Crippen LogP contribution in [-0.4, -0.2) is 17.4 Å². The molecule has 0 radical (unpaired) electrons. The van der Waals surface area contributed by atoms with Gasteiger partial charge in [0.2, 0.25) is 5.91 Å². The Kier molecular flexibility index (Phi) is 6.00. The summed E-state index contributed by atoms with van der Waals surface area (Å²) in [6, 6.07) is 6.33. The van der Waals surface area contributed by atoms with Crippen molar-refractivity contribution < 1.29 is 18.5 Å². The van der Waals surface area contributed by atoms with Gasteiger partial charge in [0.05, 0.1) is 22.2 Å². The van der Waals surface area contributed by atoms with Crippen LogP contribution >= 0.6 is 11.6 Å². The number of non-ortho nitro benzene ring substituents is 1. The number of hydrogen-bond donors (Lipinski definition) is 2. The molecule has 1 atom stereocenters. The molecule has 0 aliphatic rings. The van der Waals surface area contributed by atoms with E-state index in [1.54, 1.807) is 6.92 Å². The molecule has 6 nitrogen and oxygen atoms in total. The van der Waals surface area contributed by atoms with Gasteiger partial charge in [-0.1, -0.05) is 17.7 Å². The van der Waals surface area contributed by atoms with Crippen molar-refractivity contribution >= 4 is 28.9 Å². The molecule has 2 rings (SSSR count). The predicted octanol–water partition coefficient (Wildman–Crippen LogP) is 3.82. The Balaban J connectivity index is 1.95. The first-order chi connectivity index (χ1) is 11.8. The number of nitrogens with zero attached hydrogens (tertiary/aromatic N) is 1. The van der Waals surface area contributed by atoms with E-state index in [1.165, 1.54) is 18.2 Å². The van der Waals surface area contributed by atoms with E-state index >= 15 is 0 Å². The van der Waals surface area contributed by atoms with E-state index in [0.717, 1.165) is 18.2 Å². The van der Waals surface area contributed by atoms with Gasteiger partial charge in [0, 0.05) is 29.8 Å². The lowest BCUT2D eigenvalue weighted by atomic mass is 10.1. The molecule has 0 aliphatic carbocycles. The van der Waals surface area contributed by atoms with Crippen molar-refractivity contribution in [1.82, 2.24) is 5.32 Å². The van der Waals surface area contributed by atoms with E-state index in [2.05, 4.69) is 10.6 Å². The molecule has 1 amide bonds. The summed E-state index contributed by atoms with van der Waals surface area (Å²) in [5, 5.41) is 16.0. The van der Waals surface area contributed by atoms with Crippen molar-refractivity contribution in [2.45, 2.75) is 13.0 Å². The third kappa shape index (κ3) is 4.94. The summed E-state index contributed by atoms with van der Waals surface area (Å²) in [4.78, 5) is 22.0. The number of halogens is 3. The molecule has 0 aliphatic heterocycles. The fraction of sp³-hybridized carbons (Fsp3) is 0.188. The highest BCUT2D eigenvalue weighted by atomic mass is 35.5. The lowest BCUT2D eigenvalue weighted by Gasteiger charge is -2.15. The number of amides is 1. The molecular formula is C16H14ClF2N3O3. The smallest absolute Gasteiger partial charge is 0.271 e. The molecule has 25 heavy (non-hydrogen) atoms. The molecule has 0 unspecified atom stereocenters. The Labute approximate surface area is 146 Å². The fourth-order valence-electron chi connectivity index (χ4n) is 2.12. The first-order valence-corrected chi connectivity index (χ1v) is 7.58. The maximum Gasteiger partial charge on any atom is 0.271 e. The van der Waals surface area contributed by atoms with Crippen molar-refractivity contribution in [2.24, 2.45) is 0 Å². The molecule has 0 bridgehead atoms. The van der Waals surface area contributed by atoms with E-state index < -0.39 is 28.5 Å². The number of carbonyl (C=O) groups is 1. The molecular weight excluding hydrogens is 356 g/mol. The second kappa shape index (κ2) is 8.00. The third-order valence-electron chi connectivity index (χ3n) is 3.44. The molecule has 2 aromatic carbocycles. The van der Waals surface area contributed by atoms with E-state index in [9.17, 15) is 23.7 Å². The van der Waals surface area contributed by atoms with Crippen LogP contribution < -0.4 is 10.6 Å². The van der Waals surface area contributed by atoms with Crippen molar-refractivity contribution in [3.05, 3.63) is 68.7 Å². The van der Waals surface area contributed by atoms with Crippen molar-refractivity contribution in [3.63, 3.8) is 0 Å². The Morgan fingerprint density at radius 1 is 1.28 bits per heavy atom. The third-order valence-corrected chi connectivity index (χ3v) is 3.75. The molecule has 0 heterocycles. The number of benzene rings is 2. The zero-order chi connectivity index (χ0) is 18.6. The molecule has 132 valence electrons. The number of hydrogen-bond acceptors (Lipinski definition) is 4. The first kappa shape index (κ1) is 18.8. The maximum atomic E-state index is 13.7. The van der Waals surface area contributed by atoms with Gasteiger partial charge in [0.1, 0.15) is 11.6 Å². The van der Waals surface area contributed by atoms with E-state index in [1.807, 2.05) is 0 Å². The van der Waals surface area contributed by atoms with Crippen LogP contribution in [0.1, 0.15) is 18.5 Å². The molecule has 9 heteroatoms. The average Bonchev–Trinajstić information content (AvgIpc) is 2.54. The zero-order valence-corrected chi connectivity index (χ0v) is 13.8. The highest BCUT2D eigenvalue weighted by Gasteiger charge is 2.14. The quantitative estimate of drug-likeness (QED) is 0.599. The van der Waals surface area contributed by atoms with Crippen molar-refractivity contribution in [1.29, 1.82) is 0 Å². The number of nitrogens with one attached hydrogen (secondary N) is 2. The summed E-state index contributed by atoms with van der Waals surface area (Å²) < 4.78 is 26.6. The van der Waals surface area contributed by atoms with Gasteiger partial charge >= 0.3 is 0 Å². The summed E-state index contributed by atoms with van der Waals surface area (Å²) in [6.07, 6.45) is 0. The average molecular weight is 370 g/mol. The highest BCUT2D eigenvalue weighted by Crippen LogP contribution is 2.26. The molecule has 0 fully saturated rings. The zero-order valence-electron chi connectivity index (χ0n) is 13.1. The van der Waals surface area contributed by atoms with E-state index in [4.69, 9.17) is 11.6 Å². The molecule has 2 N–H and O–H groups in total. The van der Waals surface area contributed by atoms with Gasteiger partial charge in [0.25, 0.3) is 5.69 Å². The second-order valence-electron chi connectivity index (χ2n) is 5.24. The minimum Gasteiger partial charge on any atom is -0.324 e. The van der Waals surface area contributed by atoms with Gasteiger partial charge in [-0.2, -0.15) is 0 Å². The standard InChI is InChI=1S/C16H14ClF2N3O3/c1-9(12-4-2-10(18)6-14(12)19)20-8-16(23)21-15-5-3-11(22(24)25)7-13(15)17/h2-7,9,20H,8H2,1H3,(H,21,23)/t9-/m1/s1. The minimum absolute atomic E-state index is 0.0279. The number of carbonyl (C=O) groups excluding carboxylic acids is 1. The van der Waals surface area contributed by atoms with Gasteiger partial charge < -0.3 is 10.6 Å². The molecule has 0 saturated heterocycles. The van der Waals surface area contributed by atoms with Crippen LogP contribution in [0.2, 0.25) is 5.02 Å². The minimum atomic E-state index is -0.709. The van der Waals surface area contributed by atoms with Crippen molar-refractivity contribution in [3.8, 4) is 0 Å². The Bertz CT molecular complexity index is 817. The van der Waals surface area contributed by atoms with Crippen LogP contribution in [0, 0.1) is 21.7 Å². The molecule has 0 saturated carbocycles. The SMILES string of the molecule is C[C@@H](NCC(=O)Nc1ccc([N+](=O)[O-])cc1Cl)c1ccc(F)cc1F. The summed E-state index contributed by atoms with van der Waals surface area (Å²) in [5.41, 5.74) is 0.254. The fourth-order valence-corrected chi connectivity index (χ4v) is 2.34. The topological polar surface area (TPSA) is 84.3 Å². The largest absolute Gasteiger partial charge is 0.324 e. The van der Waals surface area contributed by atoms with Crippen LogP contribution in [0.5, 0.6) is 0 Å². The molecule has 0 spiro atoms. The Morgan fingerprint density at radius 2 is 2.00 bits per heavy atom. The monoisotopic (exact) mass is 369 g/mol. The van der Waals surface area contributed by atoms with Gasteiger partial charge in [-0.25, -0.2) is 8.78 Å². The number of nitro benzene ring substituents is 1. The maximum absolute atomic E-state index is 13.7. The summed E-state index contributed by atoms with van der Waals surface area (Å²) in [6.45, 7) is 1.47. The van der Waals surface area contributed by atoms with E-state index in [-0.39, 0.29) is 28.5 Å². The van der Waals surface area contributed by atoms with Crippen LogP contribution in [0.25, 0.3) is 0 Å². The number of nitro groups is 1. The lowest BCUT2D eigenvalue weighted by molar-refractivity contribution is -0.384. The summed E-state index contributed by atoms with van der Waals surface area (Å²) in [5.74, 6) is -1.86. The summed E-state index contributed by atoms with van der Waals surface area (Å²) in [7, 11) is 0. The number of anilines is 1. The van der Waals surface area contributed by atoms with Gasteiger partial charge in [-0.05, 0) is 19.1 Å². The normalized spacial score (nSPS) is 11.8. The van der Waals surface area contributed by atoms with Gasteiger partial charge in [-0.3, -0.25) is 14.9 Å². The first-order valence-electron chi connectivity index (χ1n) is 7.20.